The first kappa shape index (κ1) is 12.5. The molecule has 0 amide bonds. The molecule has 0 spiro atoms. The van der Waals surface area contributed by atoms with E-state index in [1.54, 1.807) is 13.1 Å². The molecule has 0 atom stereocenters. The lowest BCUT2D eigenvalue weighted by Gasteiger charge is -2.25. The molecule has 1 aliphatic rings. The standard InChI is InChI=1S/C10H18N2O2S/c1-12(15(13,14)9-8-11)10-6-4-2-3-5-7-10/h10H,2-7,9H2,1H3. The molecule has 86 valence electrons. The van der Waals surface area contributed by atoms with Crippen LogP contribution in [0, 0.1) is 11.3 Å². The normalized spacial score (nSPS) is 19.8. The number of hydrogen-bond donors (Lipinski definition) is 0. The minimum atomic E-state index is -3.35. The van der Waals surface area contributed by atoms with Gasteiger partial charge in [0.1, 0.15) is 0 Å². The summed E-state index contributed by atoms with van der Waals surface area (Å²) in [6.07, 6.45) is 6.45. The average Bonchev–Trinajstić information content (AvgIpc) is 2.44. The van der Waals surface area contributed by atoms with Gasteiger partial charge in [-0.1, -0.05) is 25.7 Å². The highest BCUT2D eigenvalue weighted by Gasteiger charge is 2.26. The van der Waals surface area contributed by atoms with E-state index in [0.717, 1.165) is 25.7 Å². The molecule has 1 aliphatic carbocycles. The Kier molecular flexibility index (Phi) is 4.55. The van der Waals surface area contributed by atoms with Gasteiger partial charge in [0.2, 0.25) is 10.0 Å². The maximum absolute atomic E-state index is 11.6. The van der Waals surface area contributed by atoms with Crippen molar-refractivity contribution in [2.45, 2.75) is 44.6 Å². The van der Waals surface area contributed by atoms with Gasteiger partial charge in [0.15, 0.2) is 5.75 Å². The van der Waals surface area contributed by atoms with Crippen molar-refractivity contribution in [2.75, 3.05) is 12.8 Å². The third-order valence-corrected chi connectivity index (χ3v) is 4.69. The summed E-state index contributed by atoms with van der Waals surface area (Å²) in [5.74, 6) is -0.403. The van der Waals surface area contributed by atoms with Crippen molar-refractivity contribution in [3.63, 3.8) is 0 Å². The molecular formula is C10H18N2O2S. The quantitative estimate of drug-likeness (QED) is 0.690. The molecule has 5 heteroatoms. The van der Waals surface area contributed by atoms with E-state index in [1.165, 1.54) is 17.1 Å². The smallest absolute Gasteiger partial charge is 0.211 e. The molecule has 1 fully saturated rings. The number of sulfonamides is 1. The van der Waals surface area contributed by atoms with Crippen LogP contribution in [0.2, 0.25) is 0 Å². The minimum absolute atomic E-state index is 0.103. The molecule has 0 aromatic rings. The van der Waals surface area contributed by atoms with Crippen LogP contribution in [0.1, 0.15) is 38.5 Å². The van der Waals surface area contributed by atoms with Crippen molar-refractivity contribution in [3.8, 4) is 6.07 Å². The van der Waals surface area contributed by atoms with Crippen LogP contribution < -0.4 is 0 Å². The van der Waals surface area contributed by atoms with Crippen LogP contribution in [0.5, 0.6) is 0 Å². The number of hydrogen-bond acceptors (Lipinski definition) is 3. The third-order valence-electron chi connectivity index (χ3n) is 3.02. The van der Waals surface area contributed by atoms with E-state index in [-0.39, 0.29) is 6.04 Å². The van der Waals surface area contributed by atoms with E-state index >= 15 is 0 Å². The molecule has 1 rings (SSSR count). The Hall–Kier alpha value is -0.600. The van der Waals surface area contributed by atoms with Gasteiger partial charge >= 0.3 is 0 Å². The molecule has 0 saturated heterocycles. The highest BCUT2D eigenvalue weighted by molar-refractivity contribution is 7.89. The number of rotatable bonds is 3. The SMILES string of the molecule is CN(C1CCCCCC1)S(=O)(=O)CC#N. The molecule has 0 aromatic carbocycles. The van der Waals surface area contributed by atoms with Crippen LogP contribution in [-0.4, -0.2) is 31.6 Å². The summed E-state index contributed by atoms with van der Waals surface area (Å²) in [7, 11) is -1.75. The molecule has 0 radical (unpaired) electrons. The molecule has 0 N–H and O–H groups in total. The molecule has 0 unspecified atom stereocenters. The predicted octanol–water partition coefficient (Wildman–Crippen LogP) is 1.49. The van der Waals surface area contributed by atoms with Gasteiger partial charge in [0.25, 0.3) is 0 Å². The van der Waals surface area contributed by atoms with E-state index in [4.69, 9.17) is 5.26 Å². The zero-order chi connectivity index (χ0) is 11.3. The van der Waals surface area contributed by atoms with Crippen LogP contribution in [0.3, 0.4) is 0 Å². The van der Waals surface area contributed by atoms with E-state index in [0.29, 0.717) is 0 Å². The van der Waals surface area contributed by atoms with Crippen LogP contribution in [0.4, 0.5) is 0 Å². The molecule has 0 aromatic heterocycles. The molecular weight excluding hydrogens is 212 g/mol. The van der Waals surface area contributed by atoms with Gasteiger partial charge < -0.3 is 0 Å². The molecule has 0 bridgehead atoms. The maximum Gasteiger partial charge on any atom is 0.227 e. The van der Waals surface area contributed by atoms with Crippen molar-refractivity contribution >= 4 is 10.0 Å². The lowest BCUT2D eigenvalue weighted by molar-refractivity contribution is 0.337. The Balaban J connectivity index is 2.66. The Morgan fingerprint density at radius 1 is 1.27 bits per heavy atom. The first-order chi connectivity index (χ1) is 7.08. The fourth-order valence-corrected chi connectivity index (χ4v) is 3.06. The summed E-state index contributed by atoms with van der Waals surface area (Å²) in [6, 6.07) is 1.82. The monoisotopic (exact) mass is 230 g/mol. The summed E-state index contributed by atoms with van der Waals surface area (Å²) in [6.45, 7) is 0. The summed E-state index contributed by atoms with van der Waals surface area (Å²) < 4.78 is 24.7. The van der Waals surface area contributed by atoms with E-state index in [2.05, 4.69) is 0 Å². The van der Waals surface area contributed by atoms with Crippen molar-refractivity contribution in [1.82, 2.24) is 4.31 Å². The van der Waals surface area contributed by atoms with E-state index in [9.17, 15) is 8.42 Å². The van der Waals surface area contributed by atoms with E-state index in [1.807, 2.05) is 0 Å². The summed E-state index contributed by atoms with van der Waals surface area (Å²) >= 11 is 0. The highest BCUT2D eigenvalue weighted by Crippen LogP contribution is 2.22. The van der Waals surface area contributed by atoms with Gasteiger partial charge in [0.05, 0.1) is 6.07 Å². The topological polar surface area (TPSA) is 61.2 Å². The largest absolute Gasteiger partial charge is 0.227 e. The first-order valence-electron chi connectivity index (χ1n) is 5.40. The second kappa shape index (κ2) is 5.47. The summed E-state index contributed by atoms with van der Waals surface area (Å²) in [5, 5.41) is 8.45. The second-order valence-corrected chi connectivity index (χ2v) is 6.10. The molecule has 15 heavy (non-hydrogen) atoms. The van der Waals surface area contributed by atoms with Crippen LogP contribution in [0.15, 0.2) is 0 Å². The first-order valence-corrected chi connectivity index (χ1v) is 7.01. The Morgan fingerprint density at radius 3 is 2.27 bits per heavy atom. The fraction of sp³-hybridized carbons (Fsp3) is 0.900. The number of nitrogens with zero attached hydrogens (tertiary/aromatic N) is 2. The summed E-state index contributed by atoms with van der Waals surface area (Å²) in [4.78, 5) is 0. The van der Waals surface area contributed by atoms with Gasteiger partial charge in [0, 0.05) is 13.1 Å². The summed E-state index contributed by atoms with van der Waals surface area (Å²) in [5.41, 5.74) is 0. The molecule has 0 heterocycles. The molecule has 0 aliphatic heterocycles. The Labute approximate surface area is 91.9 Å². The lowest BCUT2D eigenvalue weighted by atomic mass is 10.1. The van der Waals surface area contributed by atoms with Gasteiger partial charge in [-0.3, -0.25) is 0 Å². The predicted molar refractivity (Wildman–Crippen MR) is 58.7 cm³/mol. The average molecular weight is 230 g/mol. The number of nitriles is 1. The lowest BCUT2D eigenvalue weighted by Crippen LogP contribution is -2.37. The van der Waals surface area contributed by atoms with Crippen molar-refractivity contribution < 1.29 is 8.42 Å². The Bertz CT molecular complexity index is 324. The van der Waals surface area contributed by atoms with Crippen LogP contribution >= 0.6 is 0 Å². The van der Waals surface area contributed by atoms with Gasteiger partial charge in [-0.15, -0.1) is 0 Å². The molecule has 1 saturated carbocycles. The zero-order valence-corrected chi connectivity index (χ0v) is 9.96. The van der Waals surface area contributed by atoms with Crippen molar-refractivity contribution in [1.29, 1.82) is 5.26 Å². The van der Waals surface area contributed by atoms with Crippen molar-refractivity contribution in [2.24, 2.45) is 0 Å². The van der Waals surface area contributed by atoms with E-state index < -0.39 is 15.8 Å². The third kappa shape index (κ3) is 3.47. The van der Waals surface area contributed by atoms with Gasteiger partial charge in [-0.25, -0.2) is 12.7 Å². The minimum Gasteiger partial charge on any atom is -0.211 e. The zero-order valence-electron chi connectivity index (χ0n) is 9.15. The van der Waals surface area contributed by atoms with Crippen LogP contribution in [0.25, 0.3) is 0 Å². The maximum atomic E-state index is 11.6. The van der Waals surface area contributed by atoms with Gasteiger partial charge in [-0.05, 0) is 12.8 Å². The van der Waals surface area contributed by atoms with Crippen LogP contribution in [-0.2, 0) is 10.0 Å². The highest BCUT2D eigenvalue weighted by atomic mass is 32.2. The fourth-order valence-electron chi connectivity index (χ4n) is 2.03. The molecule has 4 nitrogen and oxygen atoms in total. The van der Waals surface area contributed by atoms with Crippen molar-refractivity contribution in [3.05, 3.63) is 0 Å². The second-order valence-electron chi connectivity index (χ2n) is 4.08. The van der Waals surface area contributed by atoms with Gasteiger partial charge in [-0.2, -0.15) is 5.26 Å². The Morgan fingerprint density at radius 2 is 1.80 bits per heavy atom.